The normalized spacial score (nSPS) is 32.5. The molecule has 0 spiro atoms. The minimum atomic E-state index is -1.29. The summed E-state index contributed by atoms with van der Waals surface area (Å²) in [4.78, 5) is 0. The van der Waals surface area contributed by atoms with E-state index in [9.17, 15) is 15.3 Å². The Labute approximate surface area is 168 Å². The fraction of sp³-hybridized carbons (Fsp3) is 0.652. The SMILES string of the molecule is CC(C)=CCCCC1CCCc2c(O[C@@H]3O[C@H](C)[C@H](O)[C@H](O)[C@H]3O)cccc21. The van der Waals surface area contributed by atoms with E-state index in [0.29, 0.717) is 11.7 Å². The molecule has 1 aromatic rings. The number of benzene rings is 1. The minimum Gasteiger partial charge on any atom is -0.462 e. The maximum absolute atomic E-state index is 10.3. The van der Waals surface area contributed by atoms with Crippen molar-refractivity contribution in [1.82, 2.24) is 0 Å². The molecule has 1 heterocycles. The molecule has 2 aliphatic rings. The fourth-order valence-corrected chi connectivity index (χ4v) is 4.31. The Morgan fingerprint density at radius 3 is 2.71 bits per heavy atom. The van der Waals surface area contributed by atoms with Crippen LogP contribution in [-0.2, 0) is 11.2 Å². The predicted molar refractivity (Wildman–Crippen MR) is 108 cm³/mol. The molecule has 0 amide bonds. The number of allylic oxidation sites excluding steroid dienone is 2. The van der Waals surface area contributed by atoms with Crippen LogP contribution in [0.3, 0.4) is 0 Å². The molecule has 1 unspecified atom stereocenters. The number of hydrogen-bond acceptors (Lipinski definition) is 5. The van der Waals surface area contributed by atoms with Crippen molar-refractivity contribution in [2.24, 2.45) is 0 Å². The van der Waals surface area contributed by atoms with E-state index in [-0.39, 0.29) is 0 Å². The molecule has 1 aliphatic heterocycles. The molecule has 1 saturated heterocycles. The molecule has 0 aromatic heterocycles. The second-order valence-corrected chi connectivity index (χ2v) is 8.42. The summed E-state index contributed by atoms with van der Waals surface area (Å²) < 4.78 is 11.6. The van der Waals surface area contributed by atoms with Gasteiger partial charge < -0.3 is 24.8 Å². The minimum absolute atomic E-state index is 0.529. The molecule has 1 aromatic carbocycles. The molecule has 6 atom stereocenters. The monoisotopic (exact) mass is 390 g/mol. The number of aliphatic hydroxyl groups excluding tert-OH is 3. The van der Waals surface area contributed by atoms with Crippen LogP contribution in [0.4, 0.5) is 0 Å². The van der Waals surface area contributed by atoms with E-state index in [1.54, 1.807) is 6.92 Å². The third kappa shape index (κ3) is 4.77. The van der Waals surface area contributed by atoms with E-state index in [2.05, 4.69) is 26.0 Å². The number of fused-ring (bicyclic) bond motifs is 1. The van der Waals surface area contributed by atoms with E-state index in [1.807, 2.05) is 12.1 Å². The molecule has 156 valence electrons. The Hall–Kier alpha value is -1.40. The van der Waals surface area contributed by atoms with Gasteiger partial charge in [0.05, 0.1) is 6.10 Å². The van der Waals surface area contributed by atoms with Crippen molar-refractivity contribution in [3.63, 3.8) is 0 Å². The van der Waals surface area contributed by atoms with Gasteiger partial charge in [0, 0.05) is 0 Å². The highest BCUT2D eigenvalue weighted by atomic mass is 16.7. The highest BCUT2D eigenvalue weighted by molar-refractivity contribution is 5.43. The predicted octanol–water partition coefficient (Wildman–Crippen LogP) is 3.45. The first kappa shape index (κ1) is 21.3. The lowest BCUT2D eigenvalue weighted by atomic mass is 9.80. The van der Waals surface area contributed by atoms with Crippen LogP contribution in [0.15, 0.2) is 29.8 Å². The summed E-state index contributed by atoms with van der Waals surface area (Å²) in [6.45, 7) is 5.94. The van der Waals surface area contributed by atoms with Crippen LogP contribution in [0, 0.1) is 0 Å². The quantitative estimate of drug-likeness (QED) is 0.512. The van der Waals surface area contributed by atoms with Gasteiger partial charge in [0.1, 0.15) is 24.1 Å². The van der Waals surface area contributed by atoms with Gasteiger partial charge in [-0.3, -0.25) is 0 Å². The first-order chi connectivity index (χ1) is 13.4. The summed E-state index contributed by atoms with van der Waals surface area (Å²) in [6.07, 6.45) is 3.71. The van der Waals surface area contributed by atoms with Gasteiger partial charge in [-0.25, -0.2) is 0 Å². The Morgan fingerprint density at radius 1 is 1.18 bits per heavy atom. The third-order valence-corrected chi connectivity index (χ3v) is 5.95. The van der Waals surface area contributed by atoms with Crippen LogP contribution in [-0.4, -0.2) is 46.0 Å². The lowest BCUT2D eigenvalue weighted by Crippen LogP contribution is -2.58. The van der Waals surface area contributed by atoms with Crippen molar-refractivity contribution < 1.29 is 24.8 Å². The van der Waals surface area contributed by atoms with Gasteiger partial charge >= 0.3 is 0 Å². The zero-order valence-electron chi connectivity index (χ0n) is 17.2. The summed E-state index contributed by atoms with van der Waals surface area (Å²) in [6, 6.07) is 6.08. The summed E-state index contributed by atoms with van der Waals surface area (Å²) in [7, 11) is 0. The topological polar surface area (TPSA) is 79.2 Å². The number of rotatable bonds is 6. The molecular formula is C23H34O5. The molecule has 1 fully saturated rings. The number of unbranched alkanes of at least 4 members (excludes halogenated alkanes) is 1. The number of hydrogen-bond donors (Lipinski definition) is 3. The fourth-order valence-electron chi connectivity index (χ4n) is 4.31. The van der Waals surface area contributed by atoms with E-state index in [4.69, 9.17) is 9.47 Å². The van der Waals surface area contributed by atoms with E-state index in [1.165, 1.54) is 29.5 Å². The smallest absolute Gasteiger partial charge is 0.229 e. The van der Waals surface area contributed by atoms with E-state index < -0.39 is 30.7 Å². The summed E-state index contributed by atoms with van der Waals surface area (Å²) >= 11 is 0. The average Bonchev–Trinajstić information content (AvgIpc) is 2.68. The zero-order chi connectivity index (χ0) is 20.3. The van der Waals surface area contributed by atoms with Crippen LogP contribution in [0.25, 0.3) is 0 Å². The second-order valence-electron chi connectivity index (χ2n) is 8.42. The Kier molecular flexibility index (Phi) is 7.15. The third-order valence-electron chi connectivity index (χ3n) is 5.95. The maximum Gasteiger partial charge on any atom is 0.229 e. The highest BCUT2D eigenvalue weighted by Gasteiger charge is 2.43. The van der Waals surface area contributed by atoms with Gasteiger partial charge in [0.15, 0.2) is 0 Å². The van der Waals surface area contributed by atoms with Gasteiger partial charge in [0.25, 0.3) is 0 Å². The number of aliphatic hydroxyl groups is 3. The number of ether oxygens (including phenoxy) is 2. The molecule has 3 N–H and O–H groups in total. The molecule has 5 heteroatoms. The second kappa shape index (κ2) is 9.40. The highest BCUT2D eigenvalue weighted by Crippen LogP contribution is 2.40. The first-order valence-electron chi connectivity index (χ1n) is 10.5. The van der Waals surface area contributed by atoms with Crippen molar-refractivity contribution in [3.8, 4) is 5.75 Å². The Balaban J connectivity index is 1.72. The van der Waals surface area contributed by atoms with Crippen molar-refractivity contribution in [2.45, 2.75) is 95.9 Å². The first-order valence-corrected chi connectivity index (χ1v) is 10.5. The van der Waals surface area contributed by atoms with Crippen molar-refractivity contribution in [3.05, 3.63) is 41.0 Å². The molecule has 5 nitrogen and oxygen atoms in total. The van der Waals surface area contributed by atoms with Crippen LogP contribution in [0.5, 0.6) is 5.75 Å². The summed E-state index contributed by atoms with van der Waals surface area (Å²) in [5, 5.41) is 30.2. The van der Waals surface area contributed by atoms with Gasteiger partial charge in [-0.15, -0.1) is 0 Å². The van der Waals surface area contributed by atoms with Gasteiger partial charge in [-0.1, -0.05) is 23.8 Å². The van der Waals surface area contributed by atoms with Crippen molar-refractivity contribution >= 4 is 0 Å². The molecule has 28 heavy (non-hydrogen) atoms. The molecular weight excluding hydrogens is 356 g/mol. The van der Waals surface area contributed by atoms with Crippen LogP contribution >= 0.6 is 0 Å². The molecule has 1 aliphatic carbocycles. The van der Waals surface area contributed by atoms with Crippen LogP contribution in [0.2, 0.25) is 0 Å². The van der Waals surface area contributed by atoms with Crippen molar-refractivity contribution in [1.29, 1.82) is 0 Å². The van der Waals surface area contributed by atoms with Gasteiger partial charge in [-0.2, -0.15) is 0 Å². The van der Waals surface area contributed by atoms with Gasteiger partial charge in [0.2, 0.25) is 6.29 Å². The summed E-state index contributed by atoms with van der Waals surface area (Å²) in [5.41, 5.74) is 3.89. The lowest BCUT2D eigenvalue weighted by molar-refractivity contribution is -0.268. The van der Waals surface area contributed by atoms with E-state index in [0.717, 1.165) is 25.7 Å². The molecule has 3 rings (SSSR count). The summed E-state index contributed by atoms with van der Waals surface area (Å²) in [5.74, 6) is 1.24. The molecule has 0 radical (unpaired) electrons. The maximum atomic E-state index is 10.3. The Bertz CT molecular complexity index is 682. The van der Waals surface area contributed by atoms with Crippen molar-refractivity contribution in [2.75, 3.05) is 0 Å². The molecule has 0 bridgehead atoms. The largest absolute Gasteiger partial charge is 0.462 e. The van der Waals surface area contributed by atoms with E-state index >= 15 is 0 Å². The molecule has 0 saturated carbocycles. The average molecular weight is 391 g/mol. The zero-order valence-corrected chi connectivity index (χ0v) is 17.2. The van der Waals surface area contributed by atoms with Crippen LogP contribution in [0.1, 0.15) is 69.9 Å². The van der Waals surface area contributed by atoms with Gasteiger partial charge in [-0.05, 0) is 82.4 Å². The Morgan fingerprint density at radius 2 is 1.96 bits per heavy atom. The lowest BCUT2D eigenvalue weighted by Gasteiger charge is -2.39. The van der Waals surface area contributed by atoms with Crippen LogP contribution < -0.4 is 4.74 Å². The standard InChI is InChI=1S/C23H34O5/c1-14(2)8-4-5-9-16-10-6-12-18-17(16)11-7-13-19(18)28-23-22(26)21(25)20(24)15(3)27-23/h7-8,11,13,15-16,20-26H,4-6,9-10,12H2,1-3H3/t15-,16?,20+,21+,22-,23+/m1/s1.